The lowest BCUT2D eigenvalue weighted by molar-refractivity contribution is -0.120. The zero-order valence-corrected chi connectivity index (χ0v) is 32.1. The number of aromatic nitrogens is 5. The van der Waals surface area contributed by atoms with Crippen LogP contribution in [0.4, 0.5) is 30.8 Å². The molecule has 17 heteroatoms. The summed E-state index contributed by atoms with van der Waals surface area (Å²) in [5.74, 6) is 6.64. The molecule has 1 aromatic carbocycles. The maximum Gasteiger partial charge on any atom is 0.328 e. The predicted octanol–water partition coefficient (Wildman–Crippen LogP) is 4.80. The van der Waals surface area contributed by atoms with Gasteiger partial charge in [0.05, 0.1) is 42.8 Å². The van der Waals surface area contributed by atoms with Gasteiger partial charge in [-0.15, -0.1) is 0 Å². The third kappa shape index (κ3) is 8.13. The van der Waals surface area contributed by atoms with Crippen molar-refractivity contribution in [3.8, 4) is 11.8 Å². The molecule has 4 amide bonds. The van der Waals surface area contributed by atoms with Crippen LogP contribution < -0.4 is 20.4 Å². The first-order valence-corrected chi connectivity index (χ1v) is 20.2. The normalized spacial score (nSPS) is 24.1. The average molecular weight is 797 g/mol. The molecule has 3 aromatic heterocycles. The van der Waals surface area contributed by atoms with Gasteiger partial charge in [0, 0.05) is 62.8 Å². The predicted molar refractivity (Wildman–Crippen MR) is 209 cm³/mol. The number of anilines is 3. The van der Waals surface area contributed by atoms with Gasteiger partial charge in [0.25, 0.3) is 12.3 Å². The number of carbonyl (C=O) groups excluding carboxylic acids is 3. The number of carbonyl (C=O) groups is 3. The zero-order chi connectivity index (χ0) is 39.8. The van der Waals surface area contributed by atoms with Crippen LogP contribution in [-0.2, 0) is 14.3 Å². The molecule has 9 rings (SSSR count). The summed E-state index contributed by atoms with van der Waals surface area (Å²) in [4.78, 5) is 48.1. The molecule has 4 aliphatic heterocycles. The van der Waals surface area contributed by atoms with Crippen LogP contribution in [0, 0.1) is 17.8 Å². The number of hydrogen-bond acceptors (Lipinski definition) is 10. The van der Waals surface area contributed by atoms with E-state index < -0.39 is 24.1 Å². The second-order valence-corrected chi connectivity index (χ2v) is 15.9. The Bertz CT molecular complexity index is 2240. The Morgan fingerprint density at radius 3 is 2.67 bits per heavy atom. The van der Waals surface area contributed by atoms with Gasteiger partial charge in [0.1, 0.15) is 18.0 Å². The maximum absolute atomic E-state index is 14.2. The highest BCUT2D eigenvalue weighted by Crippen LogP contribution is 2.36. The van der Waals surface area contributed by atoms with Crippen molar-refractivity contribution in [3.05, 3.63) is 65.7 Å². The van der Waals surface area contributed by atoms with E-state index in [0.717, 1.165) is 82.5 Å². The lowest BCUT2D eigenvalue weighted by Gasteiger charge is -2.36. The minimum Gasteiger partial charge on any atom is -0.374 e. The Hall–Kier alpha value is -5.44. The molecule has 5 fully saturated rings. The van der Waals surface area contributed by atoms with Gasteiger partial charge in [0.15, 0.2) is 11.3 Å². The lowest BCUT2D eigenvalue weighted by Crippen LogP contribution is -2.49. The van der Waals surface area contributed by atoms with E-state index >= 15 is 0 Å². The molecule has 1 saturated carbocycles. The van der Waals surface area contributed by atoms with Gasteiger partial charge < -0.3 is 24.6 Å². The third-order valence-corrected chi connectivity index (χ3v) is 12.1. The molecule has 15 nitrogen and oxygen atoms in total. The van der Waals surface area contributed by atoms with Crippen molar-refractivity contribution < 1.29 is 32.6 Å². The van der Waals surface area contributed by atoms with Crippen molar-refractivity contribution in [1.82, 2.24) is 34.6 Å². The molecule has 4 saturated heterocycles. The van der Waals surface area contributed by atoms with E-state index in [-0.39, 0.29) is 47.9 Å². The van der Waals surface area contributed by atoms with E-state index in [0.29, 0.717) is 37.0 Å². The van der Waals surface area contributed by atoms with Crippen LogP contribution in [0.15, 0.2) is 48.9 Å². The second kappa shape index (κ2) is 16.4. The maximum atomic E-state index is 14.2. The number of nitrogens with one attached hydrogen (secondary N) is 2. The topological polar surface area (TPSA) is 151 Å². The van der Waals surface area contributed by atoms with Crippen molar-refractivity contribution >= 4 is 40.7 Å². The number of benzene rings is 1. The Morgan fingerprint density at radius 2 is 1.91 bits per heavy atom. The molecule has 0 spiro atoms. The number of nitrogens with zero attached hydrogens (tertiary/aromatic N) is 8. The summed E-state index contributed by atoms with van der Waals surface area (Å²) in [5, 5.41) is 13.6. The Balaban J connectivity index is 0.734. The number of likely N-dealkylation sites (tertiary alicyclic amines) is 1. The molecule has 4 aromatic rings. The second-order valence-electron chi connectivity index (χ2n) is 15.9. The number of urea groups is 1. The standard InChI is InChI=1S/C41H46F2N10O5/c42-38(43)37-34(45-40(55)33-21-44-52-17-12-35(46-39(33)52)51-23-32-20-30(51)25-58-32)24-53(48-37)28-8-6-27(7-9-28)22-49-14-10-31(11-15-49)57-18-2-4-26-3-1-5-29(19-26)50-16-13-36(54)47-41(50)56/h1,3,5,12,17,19,21,24,27-28,30-32,38H,6-11,13-16,18,20,22-23,25H2,(H,45,55)(H,47,54,56)/t27-,28-,30-,32-/m1/s1. The van der Waals surface area contributed by atoms with E-state index in [1.807, 2.05) is 30.3 Å². The molecule has 2 bridgehead atoms. The first-order valence-electron chi connectivity index (χ1n) is 20.2. The number of hydrogen-bond donors (Lipinski definition) is 2. The van der Waals surface area contributed by atoms with E-state index in [2.05, 4.69) is 42.5 Å². The molecule has 58 heavy (non-hydrogen) atoms. The molecule has 2 N–H and O–H groups in total. The number of fused-ring (bicyclic) bond motifs is 3. The van der Waals surface area contributed by atoms with Gasteiger partial charge in [-0.05, 0) is 75.1 Å². The Labute approximate surface area is 334 Å². The van der Waals surface area contributed by atoms with Gasteiger partial charge in [-0.25, -0.2) is 23.1 Å². The molecule has 5 aliphatic rings. The number of amides is 4. The van der Waals surface area contributed by atoms with Crippen LogP contribution in [0.25, 0.3) is 5.65 Å². The largest absolute Gasteiger partial charge is 0.374 e. The fourth-order valence-corrected chi connectivity index (χ4v) is 8.97. The van der Waals surface area contributed by atoms with Gasteiger partial charge in [-0.2, -0.15) is 10.2 Å². The summed E-state index contributed by atoms with van der Waals surface area (Å²) in [7, 11) is 0. The van der Waals surface area contributed by atoms with Crippen molar-refractivity contribution in [2.24, 2.45) is 5.92 Å². The fourth-order valence-electron chi connectivity index (χ4n) is 8.97. The van der Waals surface area contributed by atoms with Crippen molar-refractivity contribution in [2.75, 3.05) is 61.1 Å². The van der Waals surface area contributed by atoms with Crippen LogP contribution in [0.1, 0.15) is 85.4 Å². The molecular formula is C41H46F2N10O5. The van der Waals surface area contributed by atoms with E-state index in [4.69, 9.17) is 14.5 Å². The summed E-state index contributed by atoms with van der Waals surface area (Å²) in [6.45, 7) is 4.92. The van der Waals surface area contributed by atoms with Gasteiger partial charge in [-0.3, -0.25) is 24.5 Å². The highest BCUT2D eigenvalue weighted by Gasteiger charge is 2.40. The Kier molecular flexibility index (Phi) is 10.8. The number of piperidine rings is 1. The smallest absolute Gasteiger partial charge is 0.328 e. The van der Waals surface area contributed by atoms with Crippen molar-refractivity contribution in [3.63, 3.8) is 0 Å². The number of rotatable bonds is 10. The first kappa shape index (κ1) is 38.1. The lowest BCUT2D eigenvalue weighted by atomic mass is 9.85. The van der Waals surface area contributed by atoms with Crippen LogP contribution in [0.3, 0.4) is 0 Å². The molecule has 0 radical (unpaired) electrons. The van der Waals surface area contributed by atoms with E-state index in [9.17, 15) is 23.2 Å². The SMILES string of the molecule is O=C1CCN(c2cccc(C#CCOC3CCN(C[C@H]4CC[C@H](n5cc(NC(=O)c6cnn7ccc(N8C[C@H]9C[C@@H]8CO9)nc67)c(C(F)F)n5)CC4)CC3)c2)C(=O)N1. The minimum atomic E-state index is -2.85. The molecule has 304 valence electrons. The number of imide groups is 1. The zero-order valence-electron chi connectivity index (χ0n) is 32.1. The van der Waals surface area contributed by atoms with Gasteiger partial charge in [0.2, 0.25) is 5.91 Å². The van der Waals surface area contributed by atoms with Crippen molar-refractivity contribution in [2.45, 2.75) is 82.1 Å². The molecule has 0 unspecified atom stereocenters. The first-order chi connectivity index (χ1) is 28.2. The molecular weight excluding hydrogens is 751 g/mol. The molecule has 7 heterocycles. The molecule has 1 aliphatic carbocycles. The monoisotopic (exact) mass is 796 g/mol. The van der Waals surface area contributed by atoms with Gasteiger partial charge >= 0.3 is 6.03 Å². The van der Waals surface area contributed by atoms with E-state index in [1.165, 1.54) is 10.7 Å². The average Bonchev–Trinajstić information content (AvgIpc) is 4.05. The summed E-state index contributed by atoms with van der Waals surface area (Å²) in [5.41, 5.74) is 1.59. The van der Waals surface area contributed by atoms with Crippen LogP contribution >= 0.6 is 0 Å². The quantitative estimate of drug-likeness (QED) is 0.214. The number of halogens is 2. The van der Waals surface area contributed by atoms with Gasteiger partial charge in [-0.1, -0.05) is 17.9 Å². The van der Waals surface area contributed by atoms with Crippen LogP contribution in [0.5, 0.6) is 0 Å². The summed E-state index contributed by atoms with van der Waals surface area (Å²) in [6, 6.07) is 9.06. The molecule has 2 atom stereocenters. The highest BCUT2D eigenvalue weighted by molar-refractivity contribution is 6.08. The Morgan fingerprint density at radius 1 is 1.07 bits per heavy atom. The summed E-state index contributed by atoms with van der Waals surface area (Å²) < 4.78 is 43.4. The van der Waals surface area contributed by atoms with E-state index in [1.54, 1.807) is 22.0 Å². The van der Waals surface area contributed by atoms with Crippen LogP contribution in [-0.4, -0.2) is 111 Å². The fraction of sp³-hybridized carbons (Fsp3) is 0.512. The number of alkyl halides is 2. The number of ether oxygens (including phenoxy) is 2. The van der Waals surface area contributed by atoms with Crippen molar-refractivity contribution in [1.29, 1.82) is 0 Å². The van der Waals surface area contributed by atoms with Crippen LogP contribution in [0.2, 0.25) is 0 Å². The summed E-state index contributed by atoms with van der Waals surface area (Å²) >= 11 is 0. The summed E-state index contributed by atoms with van der Waals surface area (Å²) in [6.07, 6.45) is 8.81. The third-order valence-electron chi connectivity index (χ3n) is 12.1. The minimum absolute atomic E-state index is 0.000108. The highest BCUT2D eigenvalue weighted by atomic mass is 19.3. The number of morpholine rings is 1.